The van der Waals surface area contributed by atoms with Crippen LogP contribution in [0.15, 0.2) is 10.8 Å². The van der Waals surface area contributed by atoms with Crippen molar-refractivity contribution < 1.29 is 0 Å². The first-order valence-electron chi connectivity index (χ1n) is 11.4. The van der Waals surface area contributed by atoms with Gasteiger partial charge in [-0.15, -0.1) is 0 Å². The predicted molar refractivity (Wildman–Crippen MR) is 117 cm³/mol. The Morgan fingerprint density at radius 2 is 0.840 bits per heavy atom. The van der Waals surface area contributed by atoms with Crippen LogP contribution in [-0.2, 0) is 12.8 Å². The van der Waals surface area contributed by atoms with Crippen LogP contribution in [0.25, 0.3) is 0 Å². The summed E-state index contributed by atoms with van der Waals surface area (Å²) in [5, 5.41) is 4.78. The van der Waals surface area contributed by atoms with Gasteiger partial charge >= 0.3 is 0 Å². The third kappa shape index (κ3) is 12.7. The molecule has 25 heavy (non-hydrogen) atoms. The summed E-state index contributed by atoms with van der Waals surface area (Å²) in [6.07, 6.45) is 25.6. The molecule has 0 saturated carbocycles. The first-order valence-corrected chi connectivity index (χ1v) is 12.4. The number of rotatable bonds is 18. The zero-order chi connectivity index (χ0) is 18.0. The van der Waals surface area contributed by atoms with Gasteiger partial charge in [0.15, 0.2) is 0 Å². The molecule has 0 spiro atoms. The highest BCUT2D eigenvalue weighted by Crippen LogP contribution is 2.20. The molecule has 0 unspecified atom stereocenters. The van der Waals surface area contributed by atoms with Gasteiger partial charge in [0.25, 0.3) is 0 Å². The van der Waals surface area contributed by atoms with Crippen LogP contribution < -0.4 is 0 Å². The minimum absolute atomic E-state index is 1.30. The van der Waals surface area contributed by atoms with Gasteiger partial charge in [-0.25, -0.2) is 0 Å². The Hall–Kier alpha value is -0.300. The van der Waals surface area contributed by atoms with Crippen molar-refractivity contribution in [2.75, 3.05) is 0 Å². The lowest BCUT2D eigenvalue weighted by atomic mass is 10.0. The topological polar surface area (TPSA) is 0 Å². The van der Waals surface area contributed by atoms with Crippen LogP contribution in [-0.4, -0.2) is 0 Å². The van der Waals surface area contributed by atoms with Crippen molar-refractivity contribution in [3.8, 4) is 0 Å². The lowest BCUT2D eigenvalue weighted by molar-refractivity contribution is 0.535. The van der Waals surface area contributed by atoms with Gasteiger partial charge in [0.2, 0.25) is 0 Å². The number of thiophene rings is 1. The molecule has 0 aliphatic carbocycles. The number of unbranched alkanes of at least 4 members (excludes halogenated alkanes) is 14. The van der Waals surface area contributed by atoms with Crippen LogP contribution in [0.1, 0.15) is 128 Å². The molecule has 0 bridgehead atoms. The minimum Gasteiger partial charge on any atom is -0.152 e. The quantitative estimate of drug-likeness (QED) is 0.228. The summed E-state index contributed by atoms with van der Waals surface area (Å²) in [5.41, 5.74) is 3.29. The van der Waals surface area contributed by atoms with Gasteiger partial charge in [0.05, 0.1) is 0 Å². The first-order chi connectivity index (χ1) is 12.4. The SMILES string of the molecule is CCCCCCCCCCCCCCCCc1cscc1CCCC. The zero-order valence-corrected chi connectivity index (χ0v) is 18.1. The summed E-state index contributed by atoms with van der Waals surface area (Å²) in [6.45, 7) is 4.59. The Morgan fingerprint density at radius 3 is 1.28 bits per heavy atom. The van der Waals surface area contributed by atoms with Crippen molar-refractivity contribution in [3.05, 3.63) is 21.9 Å². The average Bonchev–Trinajstić information content (AvgIpc) is 3.07. The van der Waals surface area contributed by atoms with Crippen LogP contribution in [0.5, 0.6) is 0 Å². The van der Waals surface area contributed by atoms with Crippen LogP contribution in [0.4, 0.5) is 0 Å². The molecule has 0 aromatic carbocycles. The third-order valence-corrected chi connectivity index (χ3v) is 6.27. The van der Waals surface area contributed by atoms with Crippen molar-refractivity contribution in [2.45, 2.75) is 129 Å². The van der Waals surface area contributed by atoms with E-state index in [1.165, 1.54) is 116 Å². The monoisotopic (exact) mass is 364 g/mol. The molecule has 0 aliphatic heterocycles. The van der Waals surface area contributed by atoms with Crippen LogP contribution in [0.3, 0.4) is 0 Å². The maximum Gasteiger partial charge on any atom is -0.00584 e. The van der Waals surface area contributed by atoms with Gasteiger partial charge < -0.3 is 0 Å². The maximum atomic E-state index is 2.40. The Labute approximate surface area is 162 Å². The molecule has 0 aliphatic rings. The Morgan fingerprint density at radius 1 is 0.480 bits per heavy atom. The van der Waals surface area contributed by atoms with E-state index in [0.717, 1.165) is 0 Å². The third-order valence-electron chi connectivity index (χ3n) is 5.43. The van der Waals surface area contributed by atoms with E-state index in [-0.39, 0.29) is 0 Å². The fourth-order valence-corrected chi connectivity index (χ4v) is 4.60. The van der Waals surface area contributed by atoms with Crippen molar-refractivity contribution >= 4 is 11.3 Å². The Balaban J connectivity index is 1.84. The second-order valence-electron chi connectivity index (χ2n) is 7.87. The molecule has 0 nitrogen and oxygen atoms in total. The molecule has 1 rings (SSSR count). The van der Waals surface area contributed by atoms with Gasteiger partial charge in [-0.1, -0.05) is 104 Å². The normalized spacial score (nSPS) is 11.3. The number of hydrogen-bond donors (Lipinski definition) is 0. The molecular weight excluding hydrogens is 320 g/mol. The van der Waals surface area contributed by atoms with Gasteiger partial charge in [0.1, 0.15) is 0 Å². The highest BCUT2D eigenvalue weighted by molar-refractivity contribution is 7.08. The standard InChI is InChI=1S/C24H44S/c1-3-5-7-8-9-10-11-12-13-14-15-16-17-18-20-24-22-25-21-23(24)19-6-4-2/h21-22H,3-20H2,1-2H3. The van der Waals surface area contributed by atoms with E-state index in [1.807, 2.05) is 11.3 Å². The Bertz CT molecular complexity index is 379. The van der Waals surface area contributed by atoms with E-state index in [1.54, 1.807) is 11.1 Å². The molecule has 0 radical (unpaired) electrons. The van der Waals surface area contributed by atoms with Crippen LogP contribution >= 0.6 is 11.3 Å². The van der Waals surface area contributed by atoms with Gasteiger partial charge in [0, 0.05) is 0 Å². The number of hydrogen-bond acceptors (Lipinski definition) is 1. The molecule has 0 atom stereocenters. The fourth-order valence-electron chi connectivity index (χ4n) is 3.67. The average molecular weight is 365 g/mol. The zero-order valence-electron chi connectivity index (χ0n) is 17.3. The van der Waals surface area contributed by atoms with Gasteiger partial charge in [-0.2, -0.15) is 11.3 Å². The Kier molecular flexibility index (Phi) is 15.6. The molecule has 1 aromatic heterocycles. The molecule has 0 saturated heterocycles. The summed E-state index contributed by atoms with van der Waals surface area (Å²) < 4.78 is 0. The largest absolute Gasteiger partial charge is 0.152 e. The number of aryl methyl sites for hydroxylation is 2. The van der Waals surface area contributed by atoms with Gasteiger partial charge in [-0.3, -0.25) is 0 Å². The van der Waals surface area contributed by atoms with E-state index in [4.69, 9.17) is 0 Å². The second-order valence-corrected chi connectivity index (χ2v) is 8.62. The molecule has 1 heterocycles. The summed E-state index contributed by atoms with van der Waals surface area (Å²) in [4.78, 5) is 0. The van der Waals surface area contributed by atoms with Crippen molar-refractivity contribution in [3.63, 3.8) is 0 Å². The van der Waals surface area contributed by atoms with E-state index >= 15 is 0 Å². The molecular formula is C24H44S. The minimum atomic E-state index is 1.30. The highest BCUT2D eigenvalue weighted by Gasteiger charge is 2.03. The van der Waals surface area contributed by atoms with Crippen molar-refractivity contribution in [2.24, 2.45) is 0 Å². The molecule has 0 fully saturated rings. The molecule has 0 amide bonds. The predicted octanol–water partition coefficient (Wildman–Crippen LogP) is 9.11. The molecule has 0 N–H and O–H groups in total. The maximum absolute atomic E-state index is 2.40. The summed E-state index contributed by atoms with van der Waals surface area (Å²) in [5.74, 6) is 0. The molecule has 146 valence electrons. The first kappa shape index (κ1) is 22.7. The van der Waals surface area contributed by atoms with Crippen LogP contribution in [0.2, 0.25) is 0 Å². The van der Waals surface area contributed by atoms with E-state index in [0.29, 0.717) is 0 Å². The fraction of sp³-hybridized carbons (Fsp3) is 0.833. The molecule has 1 heteroatoms. The summed E-state index contributed by atoms with van der Waals surface area (Å²) in [7, 11) is 0. The van der Waals surface area contributed by atoms with Gasteiger partial charge in [-0.05, 0) is 47.6 Å². The van der Waals surface area contributed by atoms with E-state index in [9.17, 15) is 0 Å². The van der Waals surface area contributed by atoms with E-state index in [2.05, 4.69) is 24.6 Å². The van der Waals surface area contributed by atoms with Crippen molar-refractivity contribution in [1.82, 2.24) is 0 Å². The second kappa shape index (κ2) is 17.1. The highest BCUT2D eigenvalue weighted by atomic mass is 32.1. The summed E-state index contributed by atoms with van der Waals surface area (Å²) in [6, 6.07) is 0. The molecule has 1 aromatic rings. The van der Waals surface area contributed by atoms with Crippen LogP contribution in [0, 0.1) is 0 Å². The van der Waals surface area contributed by atoms with E-state index < -0.39 is 0 Å². The van der Waals surface area contributed by atoms with Crippen molar-refractivity contribution in [1.29, 1.82) is 0 Å². The lowest BCUT2D eigenvalue weighted by Crippen LogP contribution is -1.91. The smallest absolute Gasteiger partial charge is 0.00584 e. The summed E-state index contributed by atoms with van der Waals surface area (Å²) >= 11 is 1.90. The lowest BCUT2D eigenvalue weighted by Gasteiger charge is -2.05.